The number of carbonyl (C=O) groups is 2. The average Bonchev–Trinajstić information content (AvgIpc) is 3.46. The molecule has 1 aliphatic heterocycles. The minimum atomic E-state index is -0.494. The van der Waals surface area contributed by atoms with Crippen molar-refractivity contribution < 1.29 is 27.9 Å². The van der Waals surface area contributed by atoms with E-state index in [2.05, 4.69) is 0 Å². The zero-order chi connectivity index (χ0) is 24.1. The quantitative estimate of drug-likeness (QED) is 0.463. The van der Waals surface area contributed by atoms with Crippen LogP contribution >= 0.6 is 0 Å². The SMILES string of the molecule is CCCN(CC(=O)N(Cc1ccc2c(c1)OCO2)Cc1ccc(C)o1)C(=O)c1cccc(F)c1. The number of hydrogen-bond acceptors (Lipinski definition) is 5. The number of halogens is 1. The van der Waals surface area contributed by atoms with Gasteiger partial charge in [0.2, 0.25) is 12.7 Å². The van der Waals surface area contributed by atoms with Gasteiger partial charge >= 0.3 is 0 Å². The number of amides is 2. The normalized spacial score (nSPS) is 12.0. The van der Waals surface area contributed by atoms with Crippen molar-refractivity contribution >= 4 is 11.8 Å². The molecule has 1 aromatic heterocycles. The predicted octanol–water partition coefficient (Wildman–Crippen LogP) is 4.54. The minimum Gasteiger partial charge on any atom is -0.464 e. The van der Waals surface area contributed by atoms with Gasteiger partial charge in [-0.2, -0.15) is 0 Å². The lowest BCUT2D eigenvalue weighted by molar-refractivity contribution is -0.133. The van der Waals surface area contributed by atoms with E-state index in [-0.39, 0.29) is 37.3 Å². The van der Waals surface area contributed by atoms with Gasteiger partial charge in [-0.1, -0.05) is 19.1 Å². The molecule has 0 saturated carbocycles. The molecule has 1 aliphatic rings. The molecule has 2 amide bonds. The van der Waals surface area contributed by atoms with Crippen LogP contribution in [-0.2, 0) is 17.9 Å². The maximum absolute atomic E-state index is 13.7. The number of furan rings is 1. The number of nitrogens with zero attached hydrogens (tertiary/aromatic N) is 2. The van der Waals surface area contributed by atoms with Crippen LogP contribution in [0.1, 0.15) is 40.8 Å². The highest BCUT2D eigenvalue weighted by Crippen LogP contribution is 2.33. The molecule has 0 saturated heterocycles. The molecular weight excluding hydrogens is 439 g/mol. The van der Waals surface area contributed by atoms with Crippen LogP contribution in [0.25, 0.3) is 0 Å². The van der Waals surface area contributed by atoms with Gasteiger partial charge in [-0.15, -0.1) is 0 Å². The van der Waals surface area contributed by atoms with Crippen molar-refractivity contribution in [2.75, 3.05) is 19.9 Å². The number of aryl methyl sites for hydroxylation is 1. The van der Waals surface area contributed by atoms with Gasteiger partial charge in [-0.05, 0) is 61.4 Å². The van der Waals surface area contributed by atoms with Crippen molar-refractivity contribution in [1.82, 2.24) is 9.80 Å². The molecule has 0 aliphatic carbocycles. The lowest BCUT2D eigenvalue weighted by Gasteiger charge is -2.27. The largest absolute Gasteiger partial charge is 0.464 e. The Kier molecular flexibility index (Phi) is 7.15. The Morgan fingerprint density at radius 1 is 0.971 bits per heavy atom. The highest BCUT2D eigenvalue weighted by Gasteiger charge is 2.24. The molecule has 0 spiro atoms. The van der Waals surface area contributed by atoms with Gasteiger partial charge in [0, 0.05) is 18.7 Å². The van der Waals surface area contributed by atoms with Crippen LogP contribution in [0.5, 0.6) is 11.5 Å². The van der Waals surface area contributed by atoms with Crippen molar-refractivity contribution in [2.45, 2.75) is 33.4 Å². The number of benzene rings is 2. The Bertz CT molecular complexity index is 1180. The first-order chi connectivity index (χ1) is 16.4. The summed E-state index contributed by atoms with van der Waals surface area (Å²) < 4.78 is 30.2. The average molecular weight is 467 g/mol. The van der Waals surface area contributed by atoms with Gasteiger partial charge < -0.3 is 23.7 Å². The molecule has 4 rings (SSSR count). The van der Waals surface area contributed by atoms with E-state index < -0.39 is 5.82 Å². The second-order valence-corrected chi connectivity index (χ2v) is 8.19. The standard InChI is InChI=1S/C26H27FN2O5/c1-3-11-28(26(31)20-5-4-6-21(27)13-20)16-25(30)29(15-22-9-7-18(2)34-22)14-19-8-10-23-24(12-19)33-17-32-23/h4-10,12-13H,3,11,14-17H2,1-2H3. The smallest absolute Gasteiger partial charge is 0.254 e. The molecule has 0 unspecified atom stereocenters. The van der Waals surface area contributed by atoms with E-state index in [4.69, 9.17) is 13.9 Å². The molecule has 0 atom stereocenters. The van der Waals surface area contributed by atoms with Crippen molar-refractivity contribution in [1.29, 1.82) is 0 Å². The van der Waals surface area contributed by atoms with Gasteiger partial charge in [-0.3, -0.25) is 9.59 Å². The summed E-state index contributed by atoms with van der Waals surface area (Å²) in [6, 6.07) is 14.7. The van der Waals surface area contributed by atoms with Crippen LogP contribution in [0.3, 0.4) is 0 Å². The summed E-state index contributed by atoms with van der Waals surface area (Å²) in [5, 5.41) is 0. The van der Waals surface area contributed by atoms with Crippen LogP contribution in [0.4, 0.5) is 4.39 Å². The highest BCUT2D eigenvalue weighted by molar-refractivity contribution is 5.96. The van der Waals surface area contributed by atoms with Gasteiger partial charge in [0.25, 0.3) is 5.91 Å². The fourth-order valence-electron chi connectivity index (χ4n) is 3.84. The second kappa shape index (κ2) is 10.4. The Hall–Kier alpha value is -3.81. The zero-order valence-corrected chi connectivity index (χ0v) is 19.3. The van der Waals surface area contributed by atoms with Crippen LogP contribution < -0.4 is 9.47 Å². The summed E-state index contributed by atoms with van der Waals surface area (Å²) in [6.45, 7) is 4.71. The van der Waals surface area contributed by atoms with E-state index in [1.165, 1.54) is 23.1 Å². The molecule has 0 N–H and O–H groups in total. The predicted molar refractivity (Wildman–Crippen MR) is 123 cm³/mol. The van der Waals surface area contributed by atoms with Crippen LogP contribution in [0.15, 0.2) is 59.0 Å². The number of ether oxygens (including phenoxy) is 2. The van der Waals surface area contributed by atoms with Crippen LogP contribution in [0.2, 0.25) is 0 Å². The van der Waals surface area contributed by atoms with E-state index in [0.29, 0.717) is 36.8 Å². The van der Waals surface area contributed by atoms with Gasteiger partial charge in [-0.25, -0.2) is 4.39 Å². The first-order valence-corrected chi connectivity index (χ1v) is 11.2. The lowest BCUT2D eigenvalue weighted by Crippen LogP contribution is -2.42. The molecule has 178 valence electrons. The first kappa shape index (κ1) is 23.4. The molecule has 0 radical (unpaired) electrons. The van der Waals surface area contributed by atoms with E-state index in [1.54, 1.807) is 11.0 Å². The third-order valence-electron chi connectivity index (χ3n) is 5.48. The number of hydrogen-bond donors (Lipinski definition) is 0. The second-order valence-electron chi connectivity index (χ2n) is 8.19. The number of rotatable bonds is 9. The Morgan fingerprint density at radius 3 is 2.53 bits per heavy atom. The molecule has 3 aromatic rings. The molecule has 7 nitrogen and oxygen atoms in total. The summed E-state index contributed by atoms with van der Waals surface area (Å²) in [6.07, 6.45) is 0.661. The Labute approximate surface area is 197 Å². The van der Waals surface area contributed by atoms with Crippen molar-refractivity contribution in [2.24, 2.45) is 0 Å². The van der Waals surface area contributed by atoms with E-state index in [0.717, 1.165) is 11.3 Å². The Balaban J connectivity index is 1.54. The molecule has 0 fully saturated rings. The highest BCUT2D eigenvalue weighted by atomic mass is 19.1. The van der Waals surface area contributed by atoms with Gasteiger partial charge in [0.15, 0.2) is 11.5 Å². The van der Waals surface area contributed by atoms with E-state index in [1.807, 2.05) is 44.2 Å². The molecule has 2 aromatic carbocycles. The topological polar surface area (TPSA) is 72.2 Å². The van der Waals surface area contributed by atoms with E-state index >= 15 is 0 Å². The fraction of sp³-hybridized carbons (Fsp3) is 0.308. The molecule has 34 heavy (non-hydrogen) atoms. The monoisotopic (exact) mass is 466 g/mol. The van der Waals surface area contributed by atoms with Gasteiger partial charge in [0.05, 0.1) is 6.54 Å². The minimum absolute atomic E-state index is 0.132. The fourth-order valence-corrected chi connectivity index (χ4v) is 3.84. The number of carbonyl (C=O) groups excluding carboxylic acids is 2. The van der Waals surface area contributed by atoms with Gasteiger partial charge in [0.1, 0.15) is 23.9 Å². The van der Waals surface area contributed by atoms with Crippen molar-refractivity contribution in [3.05, 3.63) is 83.1 Å². The first-order valence-electron chi connectivity index (χ1n) is 11.2. The zero-order valence-electron chi connectivity index (χ0n) is 19.3. The maximum Gasteiger partial charge on any atom is 0.254 e. The molecular formula is C26H27FN2O5. The lowest BCUT2D eigenvalue weighted by atomic mass is 10.1. The van der Waals surface area contributed by atoms with E-state index in [9.17, 15) is 14.0 Å². The summed E-state index contributed by atoms with van der Waals surface area (Å²) in [5.41, 5.74) is 1.07. The molecule has 2 heterocycles. The van der Waals surface area contributed by atoms with Crippen molar-refractivity contribution in [3.63, 3.8) is 0 Å². The molecule has 0 bridgehead atoms. The van der Waals surface area contributed by atoms with Crippen LogP contribution in [-0.4, -0.2) is 41.5 Å². The third-order valence-corrected chi connectivity index (χ3v) is 5.48. The summed E-state index contributed by atoms with van der Waals surface area (Å²) >= 11 is 0. The molecule has 8 heteroatoms. The summed E-state index contributed by atoms with van der Waals surface area (Å²) in [7, 11) is 0. The maximum atomic E-state index is 13.7. The van der Waals surface area contributed by atoms with Crippen molar-refractivity contribution in [3.8, 4) is 11.5 Å². The third kappa shape index (κ3) is 5.57. The number of fused-ring (bicyclic) bond motifs is 1. The van der Waals surface area contributed by atoms with Crippen LogP contribution in [0, 0.1) is 12.7 Å². The summed E-state index contributed by atoms with van der Waals surface area (Å²) in [4.78, 5) is 29.6. The summed E-state index contributed by atoms with van der Waals surface area (Å²) in [5.74, 6) is 1.57. The Morgan fingerprint density at radius 2 is 1.79 bits per heavy atom.